The van der Waals surface area contributed by atoms with Crippen LogP contribution in [0.2, 0.25) is 0 Å². The van der Waals surface area contributed by atoms with Gasteiger partial charge in [-0.05, 0) is 58.8 Å². The second-order valence-electron chi connectivity index (χ2n) is 6.25. The summed E-state index contributed by atoms with van der Waals surface area (Å²) < 4.78 is 0. The molecule has 0 saturated carbocycles. The molecule has 1 N–H and O–H groups in total. The van der Waals surface area contributed by atoms with Gasteiger partial charge in [0.1, 0.15) is 5.82 Å². The van der Waals surface area contributed by atoms with E-state index in [0.29, 0.717) is 11.6 Å². The largest absolute Gasteiger partial charge is 0.357 e. The molecule has 1 fully saturated rings. The van der Waals surface area contributed by atoms with Crippen molar-refractivity contribution in [1.29, 1.82) is 0 Å². The number of hydrogen-bond acceptors (Lipinski definition) is 4. The molecule has 1 aliphatic rings. The minimum atomic E-state index is -0.0259. The van der Waals surface area contributed by atoms with E-state index in [2.05, 4.69) is 41.0 Å². The summed E-state index contributed by atoms with van der Waals surface area (Å²) in [6.07, 6.45) is 6.54. The van der Waals surface area contributed by atoms with E-state index in [0.717, 1.165) is 31.9 Å². The van der Waals surface area contributed by atoms with Gasteiger partial charge in [-0.15, -0.1) is 0 Å². The maximum atomic E-state index is 12.2. The summed E-state index contributed by atoms with van der Waals surface area (Å²) in [6, 6.07) is 4.40. The van der Waals surface area contributed by atoms with Crippen molar-refractivity contribution < 1.29 is 4.79 Å². The summed E-state index contributed by atoms with van der Waals surface area (Å²) in [5.74, 6) is 0.900. The Morgan fingerprint density at radius 1 is 1.35 bits per heavy atom. The molecule has 0 bridgehead atoms. The molecule has 1 aliphatic heterocycles. The first kappa shape index (κ1) is 17.7. The van der Waals surface area contributed by atoms with Crippen LogP contribution in [-0.4, -0.2) is 55.1 Å². The van der Waals surface area contributed by atoms with Gasteiger partial charge in [0.15, 0.2) is 0 Å². The Bertz CT molecular complexity index is 484. The monoisotopic (exact) mass is 318 g/mol. The molecule has 5 nitrogen and oxygen atoms in total. The standard InChI is InChI=1S/C18H30N4O/c1-4-22(5-2)17-10-9-15(14-20-17)18(23)19-12-11-16-8-6-7-13-21(16)3/h9-10,14,16H,4-8,11-13H2,1-3H3,(H,19,23)/t16-/m1/s1. The Hall–Kier alpha value is -1.62. The molecule has 1 aromatic heterocycles. The van der Waals surface area contributed by atoms with E-state index in [4.69, 9.17) is 0 Å². The fourth-order valence-electron chi connectivity index (χ4n) is 3.22. The topological polar surface area (TPSA) is 48.5 Å². The van der Waals surface area contributed by atoms with Crippen LogP contribution in [0.25, 0.3) is 0 Å². The maximum Gasteiger partial charge on any atom is 0.252 e. The fraction of sp³-hybridized carbons (Fsp3) is 0.667. The van der Waals surface area contributed by atoms with Crippen molar-refractivity contribution in [2.45, 2.75) is 45.6 Å². The van der Waals surface area contributed by atoms with Crippen molar-refractivity contribution in [3.8, 4) is 0 Å². The SMILES string of the molecule is CCN(CC)c1ccc(C(=O)NCC[C@H]2CCCCN2C)cn1. The third-order valence-corrected chi connectivity index (χ3v) is 4.78. The molecule has 1 atom stereocenters. The highest BCUT2D eigenvalue weighted by atomic mass is 16.1. The van der Waals surface area contributed by atoms with E-state index in [9.17, 15) is 4.79 Å². The molecule has 0 unspecified atom stereocenters. The van der Waals surface area contributed by atoms with Crippen molar-refractivity contribution in [3.05, 3.63) is 23.9 Å². The predicted octanol–water partition coefficient (Wildman–Crippen LogP) is 2.53. The molecule has 1 saturated heterocycles. The zero-order valence-corrected chi connectivity index (χ0v) is 14.7. The van der Waals surface area contributed by atoms with Crippen molar-refractivity contribution in [3.63, 3.8) is 0 Å². The van der Waals surface area contributed by atoms with Gasteiger partial charge in [-0.1, -0.05) is 6.42 Å². The first-order valence-electron chi connectivity index (χ1n) is 8.85. The normalized spacial score (nSPS) is 18.7. The van der Waals surface area contributed by atoms with Gasteiger partial charge in [-0.2, -0.15) is 0 Å². The Morgan fingerprint density at radius 2 is 2.13 bits per heavy atom. The van der Waals surface area contributed by atoms with Gasteiger partial charge >= 0.3 is 0 Å². The minimum absolute atomic E-state index is 0.0259. The number of aromatic nitrogens is 1. The van der Waals surface area contributed by atoms with Gasteiger partial charge in [0.25, 0.3) is 5.91 Å². The quantitative estimate of drug-likeness (QED) is 0.839. The van der Waals surface area contributed by atoms with Crippen molar-refractivity contribution in [2.75, 3.05) is 38.1 Å². The lowest BCUT2D eigenvalue weighted by Gasteiger charge is -2.32. The van der Waals surface area contributed by atoms with E-state index in [1.807, 2.05) is 12.1 Å². The Kier molecular flexibility index (Phi) is 6.84. The summed E-state index contributed by atoms with van der Waals surface area (Å²) in [5, 5.41) is 3.02. The van der Waals surface area contributed by atoms with Crippen LogP contribution in [0.15, 0.2) is 18.3 Å². The van der Waals surface area contributed by atoms with Crippen LogP contribution in [0.3, 0.4) is 0 Å². The summed E-state index contributed by atoms with van der Waals surface area (Å²) in [6.45, 7) is 7.96. The van der Waals surface area contributed by atoms with E-state index >= 15 is 0 Å². The second kappa shape index (κ2) is 8.87. The fourth-order valence-corrected chi connectivity index (χ4v) is 3.22. The van der Waals surface area contributed by atoms with Crippen LogP contribution < -0.4 is 10.2 Å². The summed E-state index contributed by atoms with van der Waals surface area (Å²) in [4.78, 5) is 21.2. The molecular formula is C18H30N4O. The molecule has 128 valence electrons. The highest BCUT2D eigenvalue weighted by Crippen LogP contribution is 2.17. The number of nitrogens with zero attached hydrogens (tertiary/aromatic N) is 3. The summed E-state index contributed by atoms with van der Waals surface area (Å²) in [5.41, 5.74) is 0.637. The maximum absolute atomic E-state index is 12.2. The molecule has 5 heteroatoms. The number of likely N-dealkylation sites (tertiary alicyclic amines) is 1. The van der Waals surface area contributed by atoms with E-state index < -0.39 is 0 Å². The van der Waals surface area contributed by atoms with E-state index in [1.165, 1.54) is 25.8 Å². The average molecular weight is 318 g/mol. The first-order chi connectivity index (χ1) is 11.2. The van der Waals surface area contributed by atoms with E-state index in [-0.39, 0.29) is 5.91 Å². The van der Waals surface area contributed by atoms with Crippen LogP contribution >= 0.6 is 0 Å². The number of hydrogen-bond donors (Lipinski definition) is 1. The second-order valence-corrected chi connectivity index (χ2v) is 6.25. The molecule has 0 spiro atoms. The van der Waals surface area contributed by atoms with Crippen LogP contribution in [0.1, 0.15) is 49.9 Å². The van der Waals surface area contributed by atoms with Gasteiger partial charge in [0.2, 0.25) is 0 Å². The number of nitrogens with one attached hydrogen (secondary N) is 1. The van der Waals surface area contributed by atoms with Crippen LogP contribution in [0.5, 0.6) is 0 Å². The molecule has 2 rings (SSSR count). The summed E-state index contributed by atoms with van der Waals surface area (Å²) >= 11 is 0. The van der Waals surface area contributed by atoms with Crippen LogP contribution in [-0.2, 0) is 0 Å². The Balaban J connectivity index is 1.81. The van der Waals surface area contributed by atoms with Crippen molar-refractivity contribution in [1.82, 2.24) is 15.2 Å². The molecule has 2 heterocycles. The molecule has 0 aliphatic carbocycles. The number of rotatable bonds is 7. The predicted molar refractivity (Wildman–Crippen MR) is 95.0 cm³/mol. The molecule has 1 amide bonds. The van der Waals surface area contributed by atoms with Gasteiger partial charge in [0, 0.05) is 31.9 Å². The Morgan fingerprint density at radius 3 is 2.74 bits per heavy atom. The van der Waals surface area contributed by atoms with Gasteiger partial charge in [0.05, 0.1) is 5.56 Å². The average Bonchev–Trinajstić information content (AvgIpc) is 2.58. The lowest BCUT2D eigenvalue weighted by atomic mass is 10.0. The number of anilines is 1. The third-order valence-electron chi connectivity index (χ3n) is 4.78. The number of carbonyl (C=O) groups is 1. The number of pyridine rings is 1. The minimum Gasteiger partial charge on any atom is -0.357 e. The van der Waals surface area contributed by atoms with Crippen LogP contribution in [0.4, 0.5) is 5.82 Å². The molecule has 0 aromatic carbocycles. The van der Waals surface area contributed by atoms with Gasteiger partial charge in [-0.3, -0.25) is 4.79 Å². The van der Waals surface area contributed by atoms with Crippen LogP contribution in [0, 0.1) is 0 Å². The molecule has 23 heavy (non-hydrogen) atoms. The zero-order valence-electron chi connectivity index (χ0n) is 14.7. The number of piperidine rings is 1. The lowest BCUT2D eigenvalue weighted by molar-refractivity contribution is 0.0945. The highest BCUT2D eigenvalue weighted by Gasteiger charge is 2.18. The first-order valence-corrected chi connectivity index (χ1v) is 8.85. The smallest absolute Gasteiger partial charge is 0.252 e. The molecular weight excluding hydrogens is 288 g/mol. The van der Waals surface area contributed by atoms with Crippen molar-refractivity contribution >= 4 is 11.7 Å². The lowest BCUT2D eigenvalue weighted by Crippen LogP contribution is -2.39. The zero-order chi connectivity index (χ0) is 16.7. The molecule has 1 aromatic rings. The van der Waals surface area contributed by atoms with Crippen molar-refractivity contribution in [2.24, 2.45) is 0 Å². The summed E-state index contributed by atoms with van der Waals surface area (Å²) in [7, 11) is 2.18. The molecule has 0 radical (unpaired) electrons. The highest BCUT2D eigenvalue weighted by molar-refractivity contribution is 5.94. The third kappa shape index (κ3) is 4.93. The van der Waals surface area contributed by atoms with Gasteiger partial charge in [-0.25, -0.2) is 4.98 Å². The van der Waals surface area contributed by atoms with Gasteiger partial charge < -0.3 is 15.1 Å². The van der Waals surface area contributed by atoms with E-state index in [1.54, 1.807) is 6.20 Å². The number of amides is 1. The number of carbonyl (C=O) groups excluding carboxylic acids is 1. The Labute approximate surface area is 140 Å².